The molecule has 0 aliphatic heterocycles. The summed E-state index contributed by atoms with van der Waals surface area (Å²) in [6.45, 7) is 6.23. The normalized spacial score (nSPS) is 14.6. The molecule has 2 rings (SSSR count). The van der Waals surface area contributed by atoms with E-state index in [1.165, 1.54) is 31.2 Å². The van der Waals surface area contributed by atoms with Crippen molar-refractivity contribution in [2.24, 2.45) is 39.8 Å². The Balaban J connectivity index is 2.51. The summed E-state index contributed by atoms with van der Waals surface area (Å²) in [7, 11) is 0. The van der Waals surface area contributed by atoms with Gasteiger partial charge in [-0.15, -0.1) is 0 Å². The lowest BCUT2D eigenvalue weighted by Crippen LogP contribution is -2.61. The van der Waals surface area contributed by atoms with Gasteiger partial charge in [0.05, 0.1) is 25.7 Å². The zero-order chi connectivity index (χ0) is 62.5. The van der Waals surface area contributed by atoms with Crippen LogP contribution in [0.15, 0.2) is 59.6 Å². The lowest BCUT2D eigenvalue weighted by Gasteiger charge is -2.28. The smallest absolute Gasteiger partial charge is 0.303 e. The van der Waals surface area contributed by atoms with Crippen LogP contribution in [-0.4, -0.2) is 178 Å². The summed E-state index contributed by atoms with van der Waals surface area (Å²) in [5.41, 5.74) is 23.0. The fourth-order valence-electron chi connectivity index (χ4n) is 7.77. The molecule has 83 heavy (non-hydrogen) atoms. The van der Waals surface area contributed by atoms with Crippen molar-refractivity contribution in [1.29, 1.82) is 0 Å². The minimum Gasteiger partial charge on any atom is -0.508 e. The van der Waals surface area contributed by atoms with E-state index in [1.54, 1.807) is 58.0 Å². The summed E-state index contributed by atoms with van der Waals surface area (Å²) in [5.74, 6) is -12.6. The molecular weight excluding hydrogens is 1090 g/mol. The number of aromatic hydroxyl groups is 1. The van der Waals surface area contributed by atoms with Crippen LogP contribution in [0.2, 0.25) is 0 Å². The molecule has 10 amide bonds. The third-order valence-electron chi connectivity index (χ3n) is 12.4. The molecule has 30 nitrogen and oxygen atoms in total. The van der Waals surface area contributed by atoms with Crippen LogP contribution >= 0.6 is 0 Å². The molecule has 0 heterocycles. The molecule has 458 valence electrons. The Bertz CT molecular complexity index is 2570. The Kier molecular flexibility index (Phi) is 30.4. The summed E-state index contributed by atoms with van der Waals surface area (Å²) in [5, 5.41) is 60.3. The third-order valence-corrected chi connectivity index (χ3v) is 12.4. The molecule has 0 aliphatic carbocycles. The maximum Gasteiger partial charge on any atom is 0.303 e. The number of carbonyl (C=O) groups excluding carboxylic acids is 11. The number of hydrogen-bond acceptors (Lipinski definition) is 17. The van der Waals surface area contributed by atoms with E-state index in [4.69, 9.17) is 22.9 Å². The van der Waals surface area contributed by atoms with Gasteiger partial charge >= 0.3 is 5.97 Å². The van der Waals surface area contributed by atoms with Crippen LogP contribution in [-0.2, 0) is 70.4 Å². The number of guanidine groups is 1. The fraction of sp³-hybridized carbons (Fsp3) is 0.528. The lowest BCUT2D eigenvalue weighted by atomic mass is 10.0. The first-order valence-electron chi connectivity index (χ1n) is 26.6. The Hall–Kier alpha value is -8.77. The van der Waals surface area contributed by atoms with Crippen LogP contribution in [0.4, 0.5) is 0 Å². The minimum atomic E-state index is -1.91. The number of aliphatic imine (C=N–C) groups is 1. The number of carbonyl (C=O) groups is 12. The zero-order valence-corrected chi connectivity index (χ0v) is 46.9. The minimum absolute atomic E-state index is 0.0324. The van der Waals surface area contributed by atoms with Gasteiger partial charge in [0.2, 0.25) is 59.1 Å². The number of aliphatic hydroxyl groups is 2. The summed E-state index contributed by atoms with van der Waals surface area (Å²) in [6.07, 6.45) is -2.32. The van der Waals surface area contributed by atoms with Crippen molar-refractivity contribution >= 4 is 77.3 Å². The van der Waals surface area contributed by atoms with Gasteiger partial charge in [-0.05, 0) is 67.7 Å². The Labute approximate surface area is 479 Å². The van der Waals surface area contributed by atoms with Crippen molar-refractivity contribution in [3.8, 4) is 5.75 Å². The summed E-state index contributed by atoms with van der Waals surface area (Å²) >= 11 is 0. The predicted octanol–water partition coefficient (Wildman–Crippen LogP) is -5.43. The maximum atomic E-state index is 14.5. The highest BCUT2D eigenvalue weighted by molar-refractivity contribution is 5.99. The van der Waals surface area contributed by atoms with Crippen LogP contribution in [0.5, 0.6) is 5.75 Å². The van der Waals surface area contributed by atoms with Crippen LogP contribution in [0, 0.1) is 11.8 Å². The summed E-state index contributed by atoms with van der Waals surface area (Å²) in [6, 6.07) is -1.08. The Morgan fingerprint density at radius 1 is 0.542 bits per heavy atom. The molecule has 21 N–H and O–H groups in total. The Morgan fingerprint density at radius 3 is 1.52 bits per heavy atom. The van der Waals surface area contributed by atoms with Gasteiger partial charge in [-0.1, -0.05) is 70.2 Å². The number of carboxylic acid groups (broad SMARTS) is 1. The molecule has 0 saturated heterocycles. The van der Waals surface area contributed by atoms with Gasteiger partial charge < -0.3 is 96.0 Å². The molecule has 0 saturated carbocycles. The molecule has 0 aliphatic rings. The highest BCUT2D eigenvalue weighted by Gasteiger charge is 2.36. The molecule has 0 spiro atoms. The van der Waals surface area contributed by atoms with Crippen molar-refractivity contribution in [1.82, 2.24) is 47.9 Å². The second-order valence-corrected chi connectivity index (χ2v) is 20.3. The number of nitrogens with zero attached hydrogens (tertiary/aromatic N) is 1. The van der Waals surface area contributed by atoms with Crippen molar-refractivity contribution < 1.29 is 78.0 Å². The van der Waals surface area contributed by atoms with Crippen LogP contribution in [0.1, 0.15) is 84.3 Å². The van der Waals surface area contributed by atoms with E-state index in [1.807, 2.05) is 0 Å². The van der Waals surface area contributed by atoms with E-state index >= 15 is 0 Å². The SMILES string of the molecule is CC(C)C[C@H](NC(=O)[C@H](CO)NC(=O)[C@@H](N)CO)C(=O)N[C@@H](CCC(=O)O)C(=O)N[C@@H](CC(N)=O)C(=O)N[C@@H](Cc1ccccc1)C(=O)N[C@@H](CCCN=C(N)N)C(=O)N[C@@H](C)C(=O)N[C@@H](Cc1ccc(O)cc1)C(=O)N[C@H](C=O)C(C)C. The van der Waals surface area contributed by atoms with E-state index in [2.05, 4.69) is 52.8 Å². The van der Waals surface area contributed by atoms with Crippen molar-refractivity contribution in [3.63, 3.8) is 0 Å². The van der Waals surface area contributed by atoms with Crippen LogP contribution in [0.25, 0.3) is 0 Å². The second kappa shape index (κ2) is 35.9. The molecule has 0 radical (unpaired) electrons. The van der Waals surface area contributed by atoms with E-state index < -0.39 is 158 Å². The van der Waals surface area contributed by atoms with Gasteiger partial charge in [0, 0.05) is 25.8 Å². The third kappa shape index (κ3) is 26.1. The predicted molar refractivity (Wildman–Crippen MR) is 298 cm³/mol. The van der Waals surface area contributed by atoms with Gasteiger partial charge in [0.25, 0.3) is 0 Å². The topological polar surface area (TPSA) is 510 Å². The Morgan fingerprint density at radius 2 is 1.00 bits per heavy atom. The number of phenols is 1. The van der Waals surface area contributed by atoms with E-state index in [0.29, 0.717) is 17.4 Å². The molecular formula is C53H80N14O16. The number of aliphatic carboxylic acids is 1. The number of primary amides is 1. The largest absolute Gasteiger partial charge is 0.508 e. The molecule has 2 aromatic rings. The van der Waals surface area contributed by atoms with E-state index in [9.17, 15) is 78.0 Å². The van der Waals surface area contributed by atoms with E-state index in [-0.39, 0.29) is 62.2 Å². The number of nitrogens with two attached hydrogens (primary N) is 4. The number of aliphatic hydroxyl groups excluding tert-OH is 2. The molecule has 0 unspecified atom stereocenters. The van der Waals surface area contributed by atoms with Crippen LogP contribution in [0.3, 0.4) is 0 Å². The van der Waals surface area contributed by atoms with E-state index in [0.717, 1.165) is 0 Å². The van der Waals surface area contributed by atoms with Crippen molar-refractivity contribution in [2.75, 3.05) is 19.8 Å². The number of hydrogen-bond donors (Lipinski definition) is 17. The molecule has 30 heteroatoms. The number of benzene rings is 2. The highest BCUT2D eigenvalue weighted by Crippen LogP contribution is 2.14. The van der Waals surface area contributed by atoms with Gasteiger partial charge in [-0.3, -0.25) is 57.7 Å². The molecule has 0 bridgehead atoms. The average molecular weight is 1170 g/mol. The first-order valence-corrected chi connectivity index (χ1v) is 26.6. The fourth-order valence-corrected chi connectivity index (χ4v) is 7.77. The maximum absolute atomic E-state index is 14.5. The van der Waals surface area contributed by atoms with Gasteiger partial charge in [0.15, 0.2) is 5.96 Å². The average Bonchev–Trinajstić information content (AvgIpc) is 3.43. The highest BCUT2D eigenvalue weighted by atomic mass is 16.4. The first kappa shape index (κ1) is 70.3. The molecule has 2 aromatic carbocycles. The second-order valence-electron chi connectivity index (χ2n) is 20.3. The van der Waals surface area contributed by atoms with Gasteiger partial charge in [0.1, 0.15) is 66.4 Å². The molecule has 0 aromatic heterocycles. The molecule has 10 atom stereocenters. The number of carboxylic acids is 1. The zero-order valence-electron chi connectivity index (χ0n) is 46.9. The van der Waals surface area contributed by atoms with Crippen LogP contribution < -0.4 is 70.8 Å². The number of aldehydes is 1. The number of phenolic OH excluding ortho intramolecular Hbond substituents is 1. The number of nitrogens with one attached hydrogen (secondary N) is 9. The van der Waals surface area contributed by atoms with Gasteiger partial charge in [-0.25, -0.2) is 0 Å². The van der Waals surface area contributed by atoms with Crippen molar-refractivity contribution in [2.45, 2.75) is 146 Å². The van der Waals surface area contributed by atoms with Gasteiger partial charge in [-0.2, -0.15) is 0 Å². The number of amides is 10. The first-order chi connectivity index (χ1) is 39.1. The monoisotopic (exact) mass is 1170 g/mol. The lowest BCUT2D eigenvalue weighted by molar-refractivity contribution is -0.139. The molecule has 0 fully saturated rings. The summed E-state index contributed by atoms with van der Waals surface area (Å²) < 4.78 is 0. The summed E-state index contributed by atoms with van der Waals surface area (Å²) in [4.78, 5) is 163. The quantitative estimate of drug-likeness (QED) is 0.0130. The number of rotatable bonds is 37. The standard InChI is InChI=1S/C53H80N14O16/c1-27(2)20-36(63-52(83)41(26-70)67-45(76)33(54)24-68)48(79)61-35(17-18-43(73)74)47(78)65-39(23-42(55)72)51(82)64-38(21-30-10-7-6-8-11-30)49(80)60-34(12-9-19-58-53(56)57)46(77)59-29(5)44(75)62-37(22-31-13-15-32(71)16-14-31)50(81)66-40(25-69)28(3)4/h6-8,10-11,13-16,25,27-29,33-41,68,70-71H,9,12,17-24,26,54H2,1-5H3,(H2,55,72)(H,59,77)(H,60,80)(H,61,79)(H,62,75)(H,63,83)(H,64,82)(H,65,78)(H,66,81)(H,67,76)(H,73,74)(H4,56,57,58)/t29-,33-,34-,35-,36-,37-,38-,39-,40+,41-/m0/s1. The van der Waals surface area contributed by atoms with Crippen molar-refractivity contribution in [3.05, 3.63) is 65.7 Å².